The van der Waals surface area contributed by atoms with Gasteiger partial charge in [-0.2, -0.15) is 4.98 Å². The second-order valence-electron chi connectivity index (χ2n) is 7.58. The first kappa shape index (κ1) is 21.1. The van der Waals surface area contributed by atoms with Gasteiger partial charge in [-0.3, -0.25) is 0 Å². The largest absolute Gasteiger partial charge is 0.439 e. The van der Waals surface area contributed by atoms with Crippen LogP contribution in [0.2, 0.25) is 5.02 Å². The summed E-state index contributed by atoms with van der Waals surface area (Å²) in [5.74, 6) is 1.74. The lowest BCUT2D eigenvalue weighted by Gasteiger charge is -2.23. The van der Waals surface area contributed by atoms with E-state index in [2.05, 4.69) is 14.9 Å². The van der Waals surface area contributed by atoms with Gasteiger partial charge in [0.1, 0.15) is 11.5 Å². The van der Waals surface area contributed by atoms with E-state index in [1.54, 1.807) is 36.5 Å². The van der Waals surface area contributed by atoms with Gasteiger partial charge >= 0.3 is 6.01 Å². The molecule has 1 aliphatic heterocycles. The molecule has 1 fully saturated rings. The number of ether oxygens (including phenoxy) is 2. The zero-order valence-electron chi connectivity index (χ0n) is 17.7. The molecule has 2 aromatic carbocycles. The minimum absolute atomic E-state index is 0.206. The van der Waals surface area contributed by atoms with E-state index in [4.69, 9.17) is 26.1 Å². The number of aryl methyl sites for hydroxylation is 2. The molecule has 6 nitrogen and oxygen atoms in total. The van der Waals surface area contributed by atoms with Gasteiger partial charge in [0.05, 0.1) is 12.0 Å². The zero-order chi connectivity index (χ0) is 21.6. The summed E-state index contributed by atoms with van der Waals surface area (Å²) in [6, 6.07) is 12.9. The van der Waals surface area contributed by atoms with Crippen LogP contribution in [0.25, 0.3) is 0 Å². The summed E-state index contributed by atoms with van der Waals surface area (Å²) in [5, 5.41) is 0.639. The number of aromatic nitrogens is 2. The summed E-state index contributed by atoms with van der Waals surface area (Å²) in [7, 11) is 0. The number of hydrogen-bond donors (Lipinski definition) is 0. The van der Waals surface area contributed by atoms with E-state index in [0.717, 1.165) is 35.7 Å². The molecule has 1 aliphatic rings. The lowest BCUT2D eigenvalue weighted by molar-refractivity contribution is 0.351. The van der Waals surface area contributed by atoms with Crippen LogP contribution >= 0.6 is 11.6 Å². The van der Waals surface area contributed by atoms with E-state index in [0.29, 0.717) is 16.7 Å². The first-order valence-electron chi connectivity index (χ1n) is 10.4. The number of halogens is 1. The third-order valence-electron chi connectivity index (χ3n) is 5.09. The molecule has 160 valence electrons. The maximum atomic E-state index is 6.02. The van der Waals surface area contributed by atoms with Crippen molar-refractivity contribution in [2.75, 3.05) is 13.1 Å². The lowest BCUT2D eigenvalue weighted by Crippen LogP contribution is -2.28. The monoisotopic (exact) mass is 436 g/mol. The SMILES string of the molecule is Cc1cc(Oc2ccnc(Oc3ccc(Cl)cc3)n2)c(C)cc1N=CN1CCCCC1. The van der Waals surface area contributed by atoms with E-state index in [1.807, 2.05) is 32.3 Å². The van der Waals surface area contributed by atoms with Crippen molar-refractivity contribution in [3.63, 3.8) is 0 Å². The molecular formula is C24H25ClN4O2. The van der Waals surface area contributed by atoms with Crippen LogP contribution in [0.1, 0.15) is 30.4 Å². The maximum Gasteiger partial charge on any atom is 0.325 e. The highest BCUT2D eigenvalue weighted by atomic mass is 35.5. The van der Waals surface area contributed by atoms with E-state index < -0.39 is 0 Å². The fourth-order valence-electron chi connectivity index (χ4n) is 3.35. The second-order valence-corrected chi connectivity index (χ2v) is 8.02. The first-order chi connectivity index (χ1) is 15.1. The summed E-state index contributed by atoms with van der Waals surface area (Å²) in [6.45, 7) is 6.19. The summed E-state index contributed by atoms with van der Waals surface area (Å²) in [6.07, 6.45) is 7.35. The van der Waals surface area contributed by atoms with E-state index in [9.17, 15) is 0 Å². The molecule has 4 rings (SSSR count). The van der Waals surface area contributed by atoms with Gasteiger partial charge in [-0.25, -0.2) is 9.98 Å². The smallest absolute Gasteiger partial charge is 0.325 e. The van der Waals surface area contributed by atoms with Gasteiger partial charge in [0.15, 0.2) is 0 Å². The lowest BCUT2D eigenvalue weighted by atomic mass is 10.1. The Bertz CT molecular complexity index is 1060. The van der Waals surface area contributed by atoms with Gasteiger partial charge in [0, 0.05) is 30.4 Å². The Balaban J connectivity index is 1.47. The number of hydrogen-bond acceptors (Lipinski definition) is 5. The van der Waals surface area contributed by atoms with Crippen LogP contribution in [-0.2, 0) is 0 Å². The molecule has 0 amide bonds. The van der Waals surface area contributed by atoms with E-state index in [-0.39, 0.29) is 6.01 Å². The van der Waals surface area contributed by atoms with Crippen molar-refractivity contribution in [3.8, 4) is 23.4 Å². The summed E-state index contributed by atoms with van der Waals surface area (Å²) in [4.78, 5) is 15.5. The molecule has 0 N–H and O–H groups in total. The molecule has 2 heterocycles. The van der Waals surface area contributed by atoms with Crippen molar-refractivity contribution in [2.45, 2.75) is 33.1 Å². The zero-order valence-corrected chi connectivity index (χ0v) is 18.5. The molecule has 1 saturated heterocycles. The molecule has 0 radical (unpaired) electrons. The van der Waals surface area contributed by atoms with Crippen LogP contribution < -0.4 is 9.47 Å². The number of piperidine rings is 1. The number of rotatable bonds is 6. The van der Waals surface area contributed by atoms with Crippen LogP contribution in [-0.4, -0.2) is 34.3 Å². The number of nitrogens with zero attached hydrogens (tertiary/aromatic N) is 4. The summed E-state index contributed by atoms with van der Waals surface area (Å²) >= 11 is 5.91. The van der Waals surface area contributed by atoms with Crippen LogP contribution in [0, 0.1) is 13.8 Å². The third kappa shape index (κ3) is 5.73. The molecule has 3 aromatic rings. The average Bonchev–Trinajstić information content (AvgIpc) is 2.78. The number of aliphatic imine (C=N–C) groups is 1. The molecule has 0 unspecified atom stereocenters. The molecular weight excluding hydrogens is 412 g/mol. The number of benzene rings is 2. The minimum atomic E-state index is 0.206. The molecule has 0 bridgehead atoms. The normalized spacial score (nSPS) is 14.1. The highest BCUT2D eigenvalue weighted by Gasteiger charge is 2.10. The van der Waals surface area contributed by atoms with Gasteiger partial charge in [0.25, 0.3) is 0 Å². The van der Waals surface area contributed by atoms with E-state index in [1.165, 1.54) is 19.3 Å². The quantitative estimate of drug-likeness (QED) is 0.327. The van der Waals surface area contributed by atoms with Crippen molar-refractivity contribution in [3.05, 3.63) is 64.8 Å². The fraction of sp³-hybridized carbons (Fsp3) is 0.292. The molecule has 31 heavy (non-hydrogen) atoms. The third-order valence-corrected chi connectivity index (χ3v) is 5.34. The molecule has 0 atom stereocenters. The first-order valence-corrected chi connectivity index (χ1v) is 10.8. The van der Waals surface area contributed by atoms with Crippen LogP contribution in [0.15, 0.2) is 53.7 Å². The van der Waals surface area contributed by atoms with Gasteiger partial charge in [-0.15, -0.1) is 0 Å². The van der Waals surface area contributed by atoms with Crippen molar-refractivity contribution >= 4 is 23.6 Å². The Morgan fingerprint density at radius 3 is 2.52 bits per heavy atom. The van der Waals surface area contributed by atoms with Gasteiger partial charge in [-0.1, -0.05) is 11.6 Å². The predicted molar refractivity (Wildman–Crippen MR) is 123 cm³/mol. The molecule has 0 spiro atoms. The average molecular weight is 437 g/mol. The molecule has 0 saturated carbocycles. The Morgan fingerprint density at radius 2 is 1.74 bits per heavy atom. The van der Waals surface area contributed by atoms with Crippen LogP contribution in [0.3, 0.4) is 0 Å². The summed E-state index contributed by atoms with van der Waals surface area (Å²) in [5.41, 5.74) is 2.97. The van der Waals surface area contributed by atoms with Crippen molar-refractivity contribution in [1.82, 2.24) is 14.9 Å². The van der Waals surface area contributed by atoms with Gasteiger partial charge in [0.2, 0.25) is 5.88 Å². The van der Waals surface area contributed by atoms with Gasteiger partial charge < -0.3 is 14.4 Å². The second kappa shape index (κ2) is 9.79. The Hall–Kier alpha value is -3.12. The molecule has 0 aliphatic carbocycles. The molecule has 1 aromatic heterocycles. The highest BCUT2D eigenvalue weighted by molar-refractivity contribution is 6.30. The van der Waals surface area contributed by atoms with Crippen LogP contribution in [0.4, 0.5) is 5.69 Å². The van der Waals surface area contributed by atoms with Crippen molar-refractivity contribution in [2.24, 2.45) is 4.99 Å². The predicted octanol–water partition coefficient (Wildman–Crippen LogP) is 6.48. The maximum absolute atomic E-state index is 6.02. The van der Waals surface area contributed by atoms with Crippen molar-refractivity contribution in [1.29, 1.82) is 0 Å². The van der Waals surface area contributed by atoms with Crippen molar-refractivity contribution < 1.29 is 9.47 Å². The standard InChI is InChI=1S/C24H25ClN4O2/c1-17-15-22(18(2)14-21(17)27-16-29-12-4-3-5-13-29)31-23-10-11-26-24(28-23)30-20-8-6-19(25)7-9-20/h6-11,14-16H,3-5,12-13H2,1-2H3. The Labute approximate surface area is 187 Å². The molecule has 7 heteroatoms. The highest BCUT2D eigenvalue weighted by Crippen LogP contribution is 2.31. The summed E-state index contributed by atoms with van der Waals surface area (Å²) < 4.78 is 11.7. The fourth-order valence-corrected chi connectivity index (χ4v) is 3.48. The topological polar surface area (TPSA) is 59.8 Å². The Morgan fingerprint density at radius 1 is 0.968 bits per heavy atom. The van der Waals surface area contributed by atoms with Crippen LogP contribution in [0.5, 0.6) is 23.4 Å². The minimum Gasteiger partial charge on any atom is -0.439 e. The van der Waals surface area contributed by atoms with Gasteiger partial charge in [-0.05, 0) is 80.6 Å². The Kier molecular flexibility index (Phi) is 6.67. The van der Waals surface area contributed by atoms with E-state index >= 15 is 0 Å². The number of likely N-dealkylation sites (tertiary alicyclic amines) is 1.